The van der Waals surface area contributed by atoms with Crippen molar-refractivity contribution >= 4 is 15.9 Å². The summed E-state index contributed by atoms with van der Waals surface area (Å²) in [6.45, 7) is 0. The first-order valence-electron chi connectivity index (χ1n) is 4.11. The van der Waals surface area contributed by atoms with Crippen LogP contribution in [0.15, 0.2) is 34.8 Å². The van der Waals surface area contributed by atoms with Gasteiger partial charge in [-0.15, -0.1) is 0 Å². The highest BCUT2D eigenvalue weighted by Crippen LogP contribution is 2.20. The van der Waals surface area contributed by atoms with Crippen LogP contribution < -0.4 is 0 Å². The van der Waals surface area contributed by atoms with Crippen LogP contribution in [0.2, 0.25) is 0 Å². The van der Waals surface area contributed by atoms with Gasteiger partial charge in [-0.05, 0) is 18.2 Å². The Labute approximate surface area is 93.1 Å². The molecule has 0 bridgehead atoms. The molecule has 0 aliphatic carbocycles. The molecule has 0 saturated heterocycles. The Morgan fingerprint density at radius 1 is 0.933 bits per heavy atom. The molecule has 0 amide bonds. The van der Waals surface area contributed by atoms with Crippen molar-refractivity contribution in [3.05, 3.63) is 46.7 Å². The smallest absolute Gasteiger partial charge is 0.214 e. The second-order valence-electron chi connectivity index (χ2n) is 2.84. The summed E-state index contributed by atoms with van der Waals surface area (Å²) < 4.78 is 26.3. The number of hydrogen-bond donors (Lipinski definition) is 0. The first kappa shape index (κ1) is 10.2. The summed E-state index contributed by atoms with van der Waals surface area (Å²) in [5.41, 5.74) is 0.594. The van der Waals surface area contributed by atoms with E-state index in [1.807, 2.05) is 0 Å². The molecule has 0 fully saturated rings. The molecule has 0 aliphatic rings. The maximum atomic E-state index is 13.0. The molecule has 2 rings (SSSR count). The largest absolute Gasteiger partial charge is 0.218 e. The number of rotatable bonds is 1. The number of aromatic nitrogens is 2. The van der Waals surface area contributed by atoms with E-state index in [0.29, 0.717) is 15.9 Å². The molecule has 2 heterocycles. The van der Waals surface area contributed by atoms with Crippen LogP contribution in [0, 0.1) is 11.9 Å². The van der Waals surface area contributed by atoms with E-state index in [1.54, 1.807) is 12.1 Å². The van der Waals surface area contributed by atoms with Gasteiger partial charge in [-0.3, -0.25) is 0 Å². The summed E-state index contributed by atoms with van der Waals surface area (Å²) in [5, 5.41) is 0. The van der Waals surface area contributed by atoms with Crippen molar-refractivity contribution in [1.29, 1.82) is 0 Å². The predicted molar refractivity (Wildman–Crippen MR) is 55.1 cm³/mol. The molecule has 0 atom stereocenters. The van der Waals surface area contributed by atoms with Crippen molar-refractivity contribution in [2.24, 2.45) is 0 Å². The van der Waals surface area contributed by atoms with Crippen molar-refractivity contribution in [3.8, 4) is 11.4 Å². The monoisotopic (exact) mass is 270 g/mol. The van der Waals surface area contributed by atoms with E-state index in [0.717, 1.165) is 0 Å². The maximum absolute atomic E-state index is 13.0. The lowest BCUT2D eigenvalue weighted by atomic mass is 10.2. The van der Waals surface area contributed by atoms with Crippen LogP contribution >= 0.6 is 15.9 Å². The van der Waals surface area contributed by atoms with Crippen molar-refractivity contribution < 1.29 is 8.78 Å². The van der Waals surface area contributed by atoms with Crippen molar-refractivity contribution in [2.45, 2.75) is 0 Å². The fourth-order valence-corrected chi connectivity index (χ4v) is 1.55. The van der Waals surface area contributed by atoms with Gasteiger partial charge in [-0.1, -0.05) is 22.0 Å². The molecule has 0 saturated carbocycles. The Morgan fingerprint density at radius 2 is 1.67 bits per heavy atom. The standard InChI is InChI=1S/C10H5BrF2N2/c11-6-4-8(15-10(13)5-6)7-2-1-3-9(12)14-7/h1-5H. The van der Waals surface area contributed by atoms with Gasteiger partial charge in [0.1, 0.15) is 0 Å². The van der Waals surface area contributed by atoms with Gasteiger partial charge in [0.25, 0.3) is 0 Å². The highest BCUT2D eigenvalue weighted by atomic mass is 79.9. The molecular formula is C10H5BrF2N2. The molecule has 2 aromatic heterocycles. The van der Waals surface area contributed by atoms with Crippen LogP contribution in [0.1, 0.15) is 0 Å². The van der Waals surface area contributed by atoms with Gasteiger partial charge in [0.15, 0.2) is 0 Å². The Kier molecular flexibility index (Phi) is 2.73. The lowest BCUT2D eigenvalue weighted by Gasteiger charge is -2.00. The zero-order valence-electron chi connectivity index (χ0n) is 7.42. The maximum Gasteiger partial charge on any atom is 0.214 e. The van der Waals surface area contributed by atoms with E-state index in [1.165, 1.54) is 18.2 Å². The molecule has 0 radical (unpaired) electrons. The quantitative estimate of drug-likeness (QED) is 0.744. The number of nitrogens with zero attached hydrogens (tertiary/aromatic N) is 2. The first-order chi connectivity index (χ1) is 7.15. The van der Waals surface area contributed by atoms with Gasteiger partial charge in [0, 0.05) is 10.5 Å². The third-order valence-electron chi connectivity index (χ3n) is 1.74. The lowest BCUT2D eigenvalue weighted by molar-refractivity contribution is 0.578. The van der Waals surface area contributed by atoms with Crippen LogP contribution in [-0.4, -0.2) is 9.97 Å². The van der Waals surface area contributed by atoms with Gasteiger partial charge in [-0.25, -0.2) is 9.97 Å². The van der Waals surface area contributed by atoms with Crippen molar-refractivity contribution in [3.63, 3.8) is 0 Å². The topological polar surface area (TPSA) is 25.8 Å². The Balaban J connectivity index is 2.54. The molecule has 15 heavy (non-hydrogen) atoms. The summed E-state index contributed by atoms with van der Waals surface area (Å²) in [7, 11) is 0. The lowest BCUT2D eigenvalue weighted by Crippen LogP contribution is -1.92. The third-order valence-corrected chi connectivity index (χ3v) is 2.19. The average Bonchev–Trinajstić information content (AvgIpc) is 2.16. The van der Waals surface area contributed by atoms with Gasteiger partial charge < -0.3 is 0 Å². The highest BCUT2D eigenvalue weighted by Gasteiger charge is 2.05. The molecule has 2 aromatic rings. The summed E-state index contributed by atoms with van der Waals surface area (Å²) >= 11 is 3.13. The van der Waals surface area contributed by atoms with Crippen LogP contribution in [-0.2, 0) is 0 Å². The van der Waals surface area contributed by atoms with Gasteiger partial charge in [-0.2, -0.15) is 8.78 Å². The molecule has 76 valence electrons. The van der Waals surface area contributed by atoms with Crippen LogP contribution in [0.25, 0.3) is 11.4 Å². The van der Waals surface area contributed by atoms with Crippen LogP contribution in [0.5, 0.6) is 0 Å². The molecule has 0 aliphatic heterocycles. The van der Waals surface area contributed by atoms with Gasteiger partial charge in [0.05, 0.1) is 11.4 Å². The molecular weight excluding hydrogens is 266 g/mol. The second kappa shape index (κ2) is 4.02. The fraction of sp³-hybridized carbons (Fsp3) is 0. The third kappa shape index (κ3) is 2.36. The summed E-state index contributed by atoms with van der Waals surface area (Å²) in [5.74, 6) is -1.25. The predicted octanol–water partition coefficient (Wildman–Crippen LogP) is 3.18. The number of halogens is 3. The molecule has 0 aromatic carbocycles. The first-order valence-corrected chi connectivity index (χ1v) is 4.90. The summed E-state index contributed by atoms with van der Waals surface area (Å²) in [6, 6.07) is 7.08. The number of pyridine rings is 2. The molecule has 0 spiro atoms. The van der Waals surface area contributed by atoms with E-state index in [9.17, 15) is 8.78 Å². The molecule has 5 heteroatoms. The zero-order valence-corrected chi connectivity index (χ0v) is 9.00. The molecule has 0 N–H and O–H groups in total. The zero-order chi connectivity index (χ0) is 10.8. The van der Waals surface area contributed by atoms with E-state index in [-0.39, 0.29) is 0 Å². The summed E-state index contributed by atoms with van der Waals surface area (Å²) in [4.78, 5) is 7.23. The van der Waals surface area contributed by atoms with E-state index in [4.69, 9.17) is 0 Å². The highest BCUT2D eigenvalue weighted by molar-refractivity contribution is 9.10. The van der Waals surface area contributed by atoms with Gasteiger partial charge in [0.2, 0.25) is 11.9 Å². The normalized spacial score (nSPS) is 10.3. The minimum absolute atomic E-state index is 0.293. The summed E-state index contributed by atoms with van der Waals surface area (Å²) in [6.07, 6.45) is 0. The Bertz CT molecular complexity index is 482. The number of hydrogen-bond acceptors (Lipinski definition) is 2. The molecule has 2 nitrogen and oxygen atoms in total. The van der Waals surface area contributed by atoms with Crippen molar-refractivity contribution in [1.82, 2.24) is 9.97 Å². The average molecular weight is 271 g/mol. The Morgan fingerprint density at radius 3 is 2.33 bits per heavy atom. The van der Waals surface area contributed by atoms with E-state index >= 15 is 0 Å². The van der Waals surface area contributed by atoms with Crippen LogP contribution in [0.3, 0.4) is 0 Å². The van der Waals surface area contributed by atoms with Crippen molar-refractivity contribution in [2.75, 3.05) is 0 Å². The van der Waals surface area contributed by atoms with Crippen LogP contribution in [0.4, 0.5) is 8.78 Å². The minimum Gasteiger partial charge on any atom is -0.218 e. The molecule has 0 unspecified atom stereocenters. The minimum atomic E-state index is -0.634. The van der Waals surface area contributed by atoms with E-state index < -0.39 is 11.9 Å². The Hall–Kier alpha value is -1.36. The SMILES string of the molecule is Fc1cccc(-c2cc(Br)cc(F)n2)n1. The fourth-order valence-electron chi connectivity index (χ4n) is 1.15. The second-order valence-corrected chi connectivity index (χ2v) is 3.75. The van der Waals surface area contributed by atoms with Gasteiger partial charge >= 0.3 is 0 Å². The van der Waals surface area contributed by atoms with E-state index in [2.05, 4.69) is 25.9 Å².